The number of hydrogen-bond donors (Lipinski definition) is 2. The molecule has 0 aliphatic rings. The van der Waals surface area contributed by atoms with E-state index in [1.807, 2.05) is 0 Å². The predicted molar refractivity (Wildman–Crippen MR) is 31.5 cm³/mol. The Labute approximate surface area is 51.3 Å². The third kappa shape index (κ3) is 3.02. The number of rotatable bonds is 2. The Hall–Kier alpha value is 0.400. The first-order chi connectivity index (χ1) is 3.18. The SMILES string of the molecule is CC(O)C(Br)CO. The highest BCUT2D eigenvalue weighted by molar-refractivity contribution is 9.09. The fourth-order valence-corrected chi connectivity index (χ4v) is 0.153. The molecule has 7 heavy (non-hydrogen) atoms. The van der Waals surface area contributed by atoms with Crippen LogP contribution < -0.4 is 0 Å². The van der Waals surface area contributed by atoms with Crippen molar-refractivity contribution in [1.82, 2.24) is 0 Å². The van der Waals surface area contributed by atoms with Crippen LogP contribution in [-0.2, 0) is 0 Å². The molecule has 0 saturated carbocycles. The zero-order valence-corrected chi connectivity index (χ0v) is 5.72. The van der Waals surface area contributed by atoms with E-state index in [4.69, 9.17) is 10.2 Å². The van der Waals surface area contributed by atoms with Gasteiger partial charge in [0, 0.05) is 0 Å². The summed E-state index contributed by atoms with van der Waals surface area (Å²) in [6.45, 7) is 1.60. The maximum atomic E-state index is 8.61. The molecule has 0 saturated heterocycles. The molecule has 2 atom stereocenters. The molecule has 0 bridgehead atoms. The molecule has 0 amide bonds. The van der Waals surface area contributed by atoms with Gasteiger partial charge < -0.3 is 10.2 Å². The van der Waals surface area contributed by atoms with Crippen LogP contribution in [-0.4, -0.2) is 27.8 Å². The van der Waals surface area contributed by atoms with Crippen LogP contribution in [0.5, 0.6) is 0 Å². The first-order valence-corrected chi connectivity index (χ1v) is 3.03. The van der Waals surface area contributed by atoms with Gasteiger partial charge in [-0.2, -0.15) is 0 Å². The van der Waals surface area contributed by atoms with Crippen molar-refractivity contribution in [3.05, 3.63) is 0 Å². The van der Waals surface area contributed by atoms with Crippen LogP contribution in [0.15, 0.2) is 0 Å². The van der Waals surface area contributed by atoms with Crippen LogP contribution in [0.4, 0.5) is 0 Å². The van der Waals surface area contributed by atoms with Crippen molar-refractivity contribution in [2.45, 2.75) is 17.9 Å². The summed E-state index contributed by atoms with van der Waals surface area (Å²) in [5, 5.41) is 16.9. The second kappa shape index (κ2) is 3.41. The van der Waals surface area contributed by atoms with Gasteiger partial charge in [0.15, 0.2) is 0 Å². The van der Waals surface area contributed by atoms with Crippen LogP contribution in [0.2, 0.25) is 0 Å². The van der Waals surface area contributed by atoms with Crippen LogP contribution in [0.25, 0.3) is 0 Å². The summed E-state index contributed by atoms with van der Waals surface area (Å²) in [5.74, 6) is 0. The van der Waals surface area contributed by atoms with E-state index in [9.17, 15) is 0 Å². The fraction of sp³-hybridized carbons (Fsp3) is 1.00. The van der Waals surface area contributed by atoms with E-state index >= 15 is 0 Å². The Kier molecular flexibility index (Phi) is 3.60. The lowest BCUT2D eigenvalue weighted by Crippen LogP contribution is -2.19. The van der Waals surface area contributed by atoms with Crippen molar-refractivity contribution in [2.75, 3.05) is 6.61 Å². The summed E-state index contributed by atoms with van der Waals surface area (Å²) in [6, 6.07) is 0. The summed E-state index contributed by atoms with van der Waals surface area (Å²) in [5.41, 5.74) is 0. The predicted octanol–water partition coefficient (Wildman–Crippen LogP) is 0.123. The van der Waals surface area contributed by atoms with Gasteiger partial charge in [0.25, 0.3) is 0 Å². The summed E-state index contributed by atoms with van der Waals surface area (Å²) < 4.78 is 0. The van der Waals surface area contributed by atoms with Crippen LogP contribution in [0.1, 0.15) is 6.92 Å². The van der Waals surface area contributed by atoms with Gasteiger partial charge in [-0.05, 0) is 6.92 Å². The average molecular weight is 169 g/mol. The Bertz CT molecular complexity index is 47.0. The van der Waals surface area contributed by atoms with Gasteiger partial charge >= 0.3 is 0 Å². The number of aliphatic hydroxyl groups is 2. The molecule has 0 heterocycles. The van der Waals surface area contributed by atoms with Crippen molar-refractivity contribution in [2.24, 2.45) is 0 Å². The molecule has 0 aromatic carbocycles. The lowest BCUT2D eigenvalue weighted by atomic mass is 10.3. The standard InChI is InChI=1S/C4H9BrO2/c1-3(7)4(5)2-6/h3-4,6-7H,2H2,1H3. The number of aliphatic hydroxyl groups excluding tert-OH is 2. The summed E-state index contributed by atoms with van der Waals surface area (Å²) in [7, 11) is 0. The molecule has 0 aliphatic carbocycles. The fourth-order valence-electron chi connectivity index (χ4n) is 0.153. The Balaban J connectivity index is 3.14. The minimum absolute atomic E-state index is 0.0162. The minimum atomic E-state index is -0.468. The second-order valence-corrected chi connectivity index (χ2v) is 2.62. The van der Waals surface area contributed by atoms with Crippen LogP contribution in [0.3, 0.4) is 0 Å². The van der Waals surface area contributed by atoms with Gasteiger partial charge in [0.2, 0.25) is 0 Å². The molecule has 3 heteroatoms. The first kappa shape index (κ1) is 7.40. The molecular weight excluding hydrogens is 160 g/mol. The molecule has 0 radical (unpaired) electrons. The van der Waals surface area contributed by atoms with Gasteiger partial charge in [-0.1, -0.05) is 15.9 Å². The van der Waals surface area contributed by atoms with Crippen molar-refractivity contribution in [3.8, 4) is 0 Å². The Morgan fingerprint density at radius 3 is 2.14 bits per heavy atom. The molecule has 2 nitrogen and oxygen atoms in total. The molecular formula is C4H9BrO2. The molecule has 0 aliphatic heterocycles. The maximum absolute atomic E-state index is 8.61. The first-order valence-electron chi connectivity index (χ1n) is 2.11. The van der Waals surface area contributed by atoms with E-state index in [0.29, 0.717) is 0 Å². The van der Waals surface area contributed by atoms with E-state index in [2.05, 4.69) is 15.9 Å². The monoisotopic (exact) mass is 168 g/mol. The summed E-state index contributed by atoms with van der Waals surface area (Å²) >= 11 is 3.04. The highest BCUT2D eigenvalue weighted by Gasteiger charge is 2.06. The smallest absolute Gasteiger partial charge is 0.0659 e. The van der Waals surface area contributed by atoms with E-state index < -0.39 is 6.10 Å². The highest BCUT2D eigenvalue weighted by Crippen LogP contribution is 2.02. The molecule has 44 valence electrons. The molecule has 0 fully saturated rings. The third-order valence-corrected chi connectivity index (χ3v) is 1.75. The van der Waals surface area contributed by atoms with Crippen molar-refractivity contribution >= 4 is 15.9 Å². The number of hydrogen-bond acceptors (Lipinski definition) is 2. The van der Waals surface area contributed by atoms with Gasteiger partial charge in [0.1, 0.15) is 0 Å². The lowest BCUT2D eigenvalue weighted by Gasteiger charge is -2.06. The minimum Gasteiger partial charge on any atom is -0.395 e. The van der Waals surface area contributed by atoms with Gasteiger partial charge in [-0.3, -0.25) is 0 Å². The largest absolute Gasteiger partial charge is 0.395 e. The number of halogens is 1. The van der Waals surface area contributed by atoms with E-state index in [-0.39, 0.29) is 11.4 Å². The van der Waals surface area contributed by atoms with Gasteiger partial charge in [-0.15, -0.1) is 0 Å². The summed E-state index contributed by atoms with van der Waals surface area (Å²) in [4.78, 5) is -0.174. The zero-order valence-electron chi connectivity index (χ0n) is 4.13. The molecule has 2 unspecified atom stereocenters. The normalized spacial score (nSPS) is 18.9. The van der Waals surface area contributed by atoms with Crippen molar-refractivity contribution < 1.29 is 10.2 Å². The highest BCUT2D eigenvalue weighted by atomic mass is 79.9. The zero-order chi connectivity index (χ0) is 5.86. The lowest BCUT2D eigenvalue weighted by molar-refractivity contribution is 0.158. The van der Waals surface area contributed by atoms with E-state index in [1.54, 1.807) is 6.92 Å². The van der Waals surface area contributed by atoms with E-state index in [0.717, 1.165) is 0 Å². The van der Waals surface area contributed by atoms with Gasteiger partial charge in [-0.25, -0.2) is 0 Å². The van der Waals surface area contributed by atoms with Gasteiger partial charge in [0.05, 0.1) is 17.5 Å². The molecule has 0 rings (SSSR count). The Morgan fingerprint density at radius 2 is 2.14 bits per heavy atom. The average Bonchev–Trinajstić information content (AvgIpc) is 1.65. The molecule has 0 aromatic heterocycles. The quantitative estimate of drug-likeness (QED) is 0.576. The van der Waals surface area contributed by atoms with Crippen molar-refractivity contribution in [3.63, 3.8) is 0 Å². The topological polar surface area (TPSA) is 40.5 Å². The van der Waals surface area contributed by atoms with Crippen LogP contribution in [0, 0.1) is 0 Å². The van der Waals surface area contributed by atoms with Crippen molar-refractivity contribution in [1.29, 1.82) is 0 Å². The maximum Gasteiger partial charge on any atom is 0.0659 e. The molecule has 0 spiro atoms. The van der Waals surface area contributed by atoms with Crippen LogP contribution >= 0.6 is 15.9 Å². The third-order valence-electron chi connectivity index (χ3n) is 0.698. The van der Waals surface area contributed by atoms with E-state index in [1.165, 1.54) is 0 Å². The Morgan fingerprint density at radius 1 is 1.71 bits per heavy atom. The second-order valence-electron chi connectivity index (χ2n) is 1.44. The molecule has 2 N–H and O–H groups in total. The number of alkyl halides is 1. The molecule has 0 aromatic rings. The summed E-state index contributed by atoms with van der Waals surface area (Å²) in [6.07, 6.45) is -0.468.